The molecule has 110 valence electrons. The summed E-state index contributed by atoms with van der Waals surface area (Å²) in [7, 11) is 0. The van der Waals surface area contributed by atoms with Crippen molar-refractivity contribution in [1.29, 1.82) is 0 Å². The van der Waals surface area contributed by atoms with Gasteiger partial charge in [0.15, 0.2) is 0 Å². The number of amides is 2. The fourth-order valence-corrected chi connectivity index (χ4v) is 3.02. The van der Waals surface area contributed by atoms with E-state index in [1.807, 2.05) is 4.90 Å². The average Bonchev–Trinajstić information content (AvgIpc) is 3.21. The Morgan fingerprint density at radius 2 is 1.89 bits per heavy atom. The Morgan fingerprint density at radius 1 is 1.16 bits per heavy atom. The Morgan fingerprint density at radius 3 is 2.53 bits per heavy atom. The van der Waals surface area contributed by atoms with Crippen molar-refractivity contribution in [2.45, 2.75) is 71.0 Å². The molecular formula is C15H29N3O. The highest BCUT2D eigenvalue weighted by Crippen LogP contribution is 2.31. The number of urea groups is 1. The molecule has 1 aliphatic heterocycles. The maximum absolute atomic E-state index is 12.2. The highest BCUT2D eigenvalue weighted by molar-refractivity contribution is 5.74. The van der Waals surface area contributed by atoms with Crippen LogP contribution in [-0.4, -0.2) is 53.6 Å². The Hall–Kier alpha value is -0.770. The summed E-state index contributed by atoms with van der Waals surface area (Å²) in [6.07, 6.45) is 6.18. The molecule has 4 heteroatoms. The number of nitrogens with zero attached hydrogens (tertiary/aromatic N) is 2. The van der Waals surface area contributed by atoms with Crippen LogP contribution >= 0.6 is 0 Å². The molecule has 0 aromatic heterocycles. The number of hydrogen-bond donors (Lipinski definition) is 1. The summed E-state index contributed by atoms with van der Waals surface area (Å²) in [4.78, 5) is 16.8. The summed E-state index contributed by atoms with van der Waals surface area (Å²) in [6.45, 7) is 9.33. The standard InChI is InChI=1S/C15H29N3O/c1-4-5-6-9-16-15(19)18-11-12(2)17(10-13(18)3)14-7-8-14/h12-14H,4-11H2,1-3H3,(H,16,19)/t12-,13+/m1/s1. The van der Waals surface area contributed by atoms with Crippen LogP contribution in [0.15, 0.2) is 0 Å². The first-order valence-corrected chi connectivity index (χ1v) is 7.93. The first kappa shape index (κ1) is 14.6. The lowest BCUT2D eigenvalue weighted by atomic mass is 10.1. The zero-order valence-corrected chi connectivity index (χ0v) is 12.7. The number of rotatable bonds is 5. The van der Waals surface area contributed by atoms with Crippen LogP contribution in [0.5, 0.6) is 0 Å². The van der Waals surface area contributed by atoms with Gasteiger partial charge in [-0.2, -0.15) is 0 Å². The molecule has 0 spiro atoms. The van der Waals surface area contributed by atoms with Gasteiger partial charge in [-0.25, -0.2) is 4.79 Å². The third kappa shape index (κ3) is 3.85. The second-order valence-corrected chi connectivity index (χ2v) is 6.22. The van der Waals surface area contributed by atoms with Crippen LogP contribution in [0, 0.1) is 0 Å². The van der Waals surface area contributed by atoms with E-state index >= 15 is 0 Å². The predicted molar refractivity (Wildman–Crippen MR) is 78.3 cm³/mol. The summed E-state index contributed by atoms with van der Waals surface area (Å²) < 4.78 is 0. The zero-order chi connectivity index (χ0) is 13.8. The third-order valence-corrected chi connectivity index (χ3v) is 4.37. The van der Waals surface area contributed by atoms with Crippen LogP contribution in [0.3, 0.4) is 0 Å². The van der Waals surface area contributed by atoms with Gasteiger partial charge in [-0.3, -0.25) is 4.90 Å². The Balaban J connectivity index is 1.78. The molecule has 1 heterocycles. The predicted octanol–water partition coefficient (Wildman–Crippen LogP) is 2.44. The van der Waals surface area contributed by atoms with Crippen LogP contribution in [0.1, 0.15) is 52.9 Å². The molecule has 1 N–H and O–H groups in total. The van der Waals surface area contributed by atoms with Crippen molar-refractivity contribution in [2.24, 2.45) is 0 Å². The lowest BCUT2D eigenvalue weighted by molar-refractivity contribution is 0.0579. The van der Waals surface area contributed by atoms with Gasteiger partial charge < -0.3 is 10.2 Å². The number of carbonyl (C=O) groups excluding carboxylic acids is 1. The molecule has 0 radical (unpaired) electrons. The van der Waals surface area contributed by atoms with Gasteiger partial charge in [0.1, 0.15) is 0 Å². The average molecular weight is 267 g/mol. The molecule has 2 fully saturated rings. The van der Waals surface area contributed by atoms with E-state index in [9.17, 15) is 4.79 Å². The number of nitrogens with one attached hydrogen (secondary N) is 1. The molecule has 1 saturated heterocycles. The maximum Gasteiger partial charge on any atom is 0.317 e. The largest absolute Gasteiger partial charge is 0.338 e. The monoisotopic (exact) mass is 267 g/mol. The van der Waals surface area contributed by atoms with Crippen molar-refractivity contribution in [2.75, 3.05) is 19.6 Å². The van der Waals surface area contributed by atoms with Crippen LogP contribution in [0.4, 0.5) is 4.79 Å². The summed E-state index contributed by atoms with van der Waals surface area (Å²) in [5.74, 6) is 0. The summed E-state index contributed by atoms with van der Waals surface area (Å²) in [5.41, 5.74) is 0. The third-order valence-electron chi connectivity index (χ3n) is 4.37. The number of unbranched alkanes of at least 4 members (excludes halogenated alkanes) is 2. The van der Waals surface area contributed by atoms with E-state index in [1.54, 1.807) is 0 Å². The normalized spacial score (nSPS) is 28.5. The molecule has 0 unspecified atom stereocenters. The number of piperazine rings is 1. The minimum Gasteiger partial charge on any atom is -0.338 e. The van der Waals surface area contributed by atoms with Crippen molar-refractivity contribution in [3.63, 3.8) is 0 Å². The summed E-state index contributed by atoms with van der Waals surface area (Å²) >= 11 is 0. The van der Waals surface area contributed by atoms with Crippen molar-refractivity contribution < 1.29 is 4.79 Å². The summed E-state index contributed by atoms with van der Waals surface area (Å²) in [6, 6.07) is 1.77. The van der Waals surface area contributed by atoms with E-state index in [2.05, 4.69) is 31.0 Å². The molecule has 0 aromatic carbocycles. The molecular weight excluding hydrogens is 238 g/mol. The maximum atomic E-state index is 12.2. The minimum absolute atomic E-state index is 0.130. The zero-order valence-electron chi connectivity index (χ0n) is 12.7. The Bertz CT molecular complexity index is 304. The highest BCUT2D eigenvalue weighted by Gasteiger charge is 2.39. The molecule has 2 atom stereocenters. The van der Waals surface area contributed by atoms with Gasteiger partial charge in [-0.15, -0.1) is 0 Å². The van der Waals surface area contributed by atoms with E-state index in [0.29, 0.717) is 12.1 Å². The van der Waals surface area contributed by atoms with Gasteiger partial charge in [0, 0.05) is 37.8 Å². The van der Waals surface area contributed by atoms with Gasteiger partial charge in [0.25, 0.3) is 0 Å². The van der Waals surface area contributed by atoms with E-state index in [-0.39, 0.29) is 6.03 Å². The molecule has 2 rings (SSSR count). The molecule has 2 aliphatic rings. The van der Waals surface area contributed by atoms with Crippen molar-refractivity contribution in [1.82, 2.24) is 15.1 Å². The van der Waals surface area contributed by atoms with Crippen molar-refractivity contribution in [3.8, 4) is 0 Å². The minimum atomic E-state index is 0.130. The van der Waals surface area contributed by atoms with E-state index in [4.69, 9.17) is 0 Å². The van der Waals surface area contributed by atoms with Gasteiger partial charge in [0.2, 0.25) is 0 Å². The van der Waals surface area contributed by atoms with Crippen LogP contribution in [0.2, 0.25) is 0 Å². The first-order chi connectivity index (χ1) is 9.13. The van der Waals surface area contributed by atoms with Crippen LogP contribution in [0.25, 0.3) is 0 Å². The molecule has 1 saturated carbocycles. The quantitative estimate of drug-likeness (QED) is 0.777. The SMILES string of the molecule is CCCCCNC(=O)N1C[C@@H](C)N(C2CC2)C[C@@H]1C. The Kier molecular flexibility index (Phi) is 5.08. The van der Waals surface area contributed by atoms with Crippen molar-refractivity contribution in [3.05, 3.63) is 0 Å². The molecule has 4 nitrogen and oxygen atoms in total. The second kappa shape index (κ2) is 6.60. The molecule has 0 aromatic rings. The summed E-state index contributed by atoms with van der Waals surface area (Å²) in [5, 5.41) is 3.07. The lowest BCUT2D eigenvalue weighted by Gasteiger charge is -2.44. The van der Waals surface area contributed by atoms with Gasteiger partial charge >= 0.3 is 6.03 Å². The first-order valence-electron chi connectivity index (χ1n) is 7.93. The lowest BCUT2D eigenvalue weighted by Crippen LogP contribution is -2.60. The topological polar surface area (TPSA) is 35.6 Å². The van der Waals surface area contributed by atoms with Crippen LogP contribution in [-0.2, 0) is 0 Å². The number of hydrogen-bond acceptors (Lipinski definition) is 2. The molecule has 0 bridgehead atoms. The van der Waals surface area contributed by atoms with E-state index in [0.717, 1.165) is 32.1 Å². The molecule has 1 aliphatic carbocycles. The van der Waals surface area contributed by atoms with Crippen molar-refractivity contribution >= 4 is 6.03 Å². The number of carbonyl (C=O) groups is 1. The Labute approximate surface area is 117 Å². The van der Waals surface area contributed by atoms with E-state index in [1.165, 1.54) is 25.7 Å². The molecule has 19 heavy (non-hydrogen) atoms. The van der Waals surface area contributed by atoms with Crippen LogP contribution < -0.4 is 5.32 Å². The molecule has 2 amide bonds. The highest BCUT2D eigenvalue weighted by atomic mass is 16.2. The fourth-order valence-electron chi connectivity index (χ4n) is 3.02. The van der Waals surface area contributed by atoms with Gasteiger partial charge in [-0.1, -0.05) is 19.8 Å². The van der Waals surface area contributed by atoms with Gasteiger partial charge in [-0.05, 0) is 33.1 Å². The second-order valence-electron chi connectivity index (χ2n) is 6.22. The fraction of sp³-hybridized carbons (Fsp3) is 0.933. The smallest absolute Gasteiger partial charge is 0.317 e. The van der Waals surface area contributed by atoms with E-state index < -0.39 is 0 Å². The van der Waals surface area contributed by atoms with Gasteiger partial charge in [0.05, 0.1) is 0 Å².